The van der Waals surface area contributed by atoms with Crippen molar-refractivity contribution in [1.82, 2.24) is 10.2 Å². The Morgan fingerprint density at radius 3 is 2.78 bits per heavy atom. The Bertz CT molecular complexity index is 1070. The zero-order valence-corrected chi connectivity index (χ0v) is 22.1. The summed E-state index contributed by atoms with van der Waals surface area (Å²) in [7, 11) is 0. The zero-order valence-electron chi connectivity index (χ0n) is 22.1. The van der Waals surface area contributed by atoms with Crippen molar-refractivity contribution >= 4 is 23.4 Å². The maximum absolute atomic E-state index is 13.9. The summed E-state index contributed by atoms with van der Waals surface area (Å²) >= 11 is 0. The van der Waals surface area contributed by atoms with Crippen LogP contribution < -0.4 is 10.6 Å². The number of ether oxygens (including phenoxy) is 2. The van der Waals surface area contributed by atoms with Crippen molar-refractivity contribution < 1.29 is 23.9 Å². The van der Waals surface area contributed by atoms with Crippen molar-refractivity contribution in [3.8, 4) is 0 Å². The lowest BCUT2D eigenvalue weighted by Gasteiger charge is -2.36. The minimum absolute atomic E-state index is 0.0834. The Morgan fingerprint density at radius 2 is 2.03 bits per heavy atom. The first kappa shape index (κ1) is 25.9. The van der Waals surface area contributed by atoms with Gasteiger partial charge in [-0.25, -0.2) is 0 Å². The lowest BCUT2D eigenvalue weighted by atomic mass is 9.74. The van der Waals surface area contributed by atoms with Gasteiger partial charge in [-0.15, -0.1) is 0 Å². The molecule has 0 radical (unpaired) electrons. The van der Waals surface area contributed by atoms with Gasteiger partial charge in [0, 0.05) is 31.5 Å². The van der Waals surface area contributed by atoms with Gasteiger partial charge in [-0.3, -0.25) is 14.4 Å². The highest BCUT2D eigenvalue weighted by atomic mass is 16.5. The van der Waals surface area contributed by atoms with Crippen LogP contribution in [-0.2, 0) is 23.9 Å². The molecule has 3 heterocycles. The number of carbonyl (C=O) groups excluding carboxylic acids is 3. The van der Waals surface area contributed by atoms with Crippen molar-refractivity contribution in [3.05, 3.63) is 42.0 Å². The summed E-state index contributed by atoms with van der Waals surface area (Å²) in [6.45, 7) is 7.55. The molecule has 5 rings (SSSR count). The molecule has 7 atom stereocenters. The maximum Gasteiger partial charge on any atom is 0.246 e. The zero-order chi connectivity index (χ0) is 26.2. The smallest absolute Gasteiger partial charge is 0.246 e. The van der Waals surface area contributed by atoms with Gasteiger partial charge in [0.05, 0.1) is 17.9 Å². The van der Waals surface area contributed by atoms with Crippen LogP contribution in [0.5, 0.6) is 0 Å². The molecule has 2 bridgehead atoms. The minimum Gasteiger partial charge on any atom is -0.382 e. The normalized spacial score (nSPS) is 34.0. The fraction of sp³-hybridized carbons (Fsp3) is 0.621. The number of rotatable bonds is 9. The van der Waals surface area contributed by atoms with Crippen LogP contribution in [0.2, 0.25) is 0 Å². The number of nitrogens with one attached hydrogen (secondary N) is 2. The van der Waals surface area contributed by atoms with Crippen LogP contribution in [0.25, 0.3) is 0 Å². The highest BCUT2D eigenvalue weighted by molar-refractivity contribution is 6.02. The van der Waals surface area contributed by atoms with E-state index in [-0.39, 0.29) is 23.8 Å². The molecule has 1 aromatic rings. The van der Waals surface area contributed by atoms with Crippen LogP contribution >= 0.6 is 0 Å². The Labute approximate surface area is 219 Å². The summed E-state index contributed by atoms with van der Waals surface area (Å²) in [6, 6.07) is 6.86. The summed E-state index contributed by atoms with van der Waals surface area (Å²) in [6.07, 6.45) is 8.09. The molecule has 1 aliphatic carbocycles. The van der Waals surface area contributed by atoms with Crippen LogP contribution in [0.1, 0.15) is 51.5 Å². The quantitative estimate of drug-likeness (QED) is 0.394. The van der Waals surface area contributed by atoms with Crippen molar-refractivity contribution in [2.75, 3.05) is 25.1 Å². The first-order valence-corrected chi connectivity index (χ1v) is 13.8. The van der Waals surface area contributed by atoms with E-state index in [0.717, 1.165) is 24.8 Å². The first-order chi connectivity index (χ1) is 17.9. The van der Waals surface area contributed by atoms with Crippen LogP contribution in [0.15, 0.2) is 36.4 Å². The van der Waals surface area contributed by atoms with Gasteiger partial charge < -0.3 is 25.0 Å². The molecule has 1 aromatic carbocycles. The number of anilines is 1. The number of nitrogens with zero attached hydrogens (tertiary/aromatic N) is 1. The Balaban J connectivity index is 1.41. The fourth-order valence-corrected chi connectivity index (χ4v) is 6.73. The number of aryl methyl sites for hydroxylation is 1. The Morgan fingerprint density at radius 1 is 1.22 bits per heavy atom. The van der Waals surface area contributed by atoms with Crippen LogP contribution in [0.3, 0.4) is 0 Å². The average Bonchev–Trinajstić information content (AvgIpc) is 3.51. The molecule has 3 amide bonds. The molecule has 200 valence electrons. The second kappa shape index (κ2) is 10.6. The topological polar surface area (TPSA) is 97.0 Å². The maximum atomic E-state index is 13.9. The predicted octanol–water partition coefficient (Wildman–Crippen LogP) is 3.21. The van der Waals surface area contributed by atoms with Crippen molar-refractivity contribution in [3.63, 3.8) is 0 Å². The number of fused-ring (bicyclic) bond motifs is 1. The Hall–Kier alpha value is -2.71. The van der Waals surface area contributed by atoms with Gasteiger partial charge in [0.15, 0.2) is 0 Å². The molecular formula is C29H39N3O5. The summed E-state index contributed by atoms with van der Waals surface area (Å²) < 4.78 is 11.9. The van der Waals surface area contributed by atoms with Gasteiger partial charge in [0.2, 0.25) is 17.7 Å². The van der Waals surface area contributed by atoms with E-state index in [1.165, 1.54) is 6.42 Å². The van der Waals surface area contributed by atoms with E-state index in [1.807, 2.05) is 50.3 Å². The molecule has 2 N–H and O–H groups in total. The number of hydrogen-bond acceptors (Lipinski definition) is 5. The molecule has 3 aliphatic heterocycles. The fourth-order valence-electron chi connectivity index (χ4n) is 6.73. The lowest BCUT2D eigenvalue weighted by molar-refractivity contribution is -0.141. The monoisotopic (exact) mass is 509 g/mol. The van der Waals surface area contributed by atoms with Crippen molar-refractivity contribution in [2.24, 2.45) is 17.8 Å². The summed E-state index contributed by atoms with van der Waals surface area (Å²) in [4.78, 5) is 43.0. The molecule has 1 saturated carbocycles. The molecule has 4 aliphatic rings. The van der Waals surface area contributed by atoms with E-state index in [9.17, 15) is 14.4 Å². The van der Waals surface area contributed by atoms with Gasteiger partial charge in [-0.1, -0.05) is 44.1 Å². The second-order valence-electron chi connectivity index (χ2n) is 11.0. The van der Waals surface area contributed by atoms with E-state index < -0.39 is 29.6 Å². The van der Waals surface area contributed by atoms with Gasteiger partial charge >= 0.3 is 0 Å². The molecule has 8 heteroatoms. The summed E-state index contributed by atoms with van der Waals surface area (Å²) in [5, 5.41) is 6.25. The van der Waals surface area contributed by atoms with Gasteiger partial charge in [-0.2, -0.15) is 0 Å². The molecule has 37 heavy (non-hydrogen) atoms. The third kappa shape index (κ3) is 4.70. The SMILES string of the molecule is CCOCCCN1C(=O)[C@H]2[C@H](C(=O)Nc3cccc(C)c3)[C@H]3C=C[C@@]2(O3)[C@@H]1C(=O)N[C@H]1CCCC[C@@H]1C. The number of amides is 3. The van der Waals surface area contributed by atoms with Crippen molar-refractivity contribution in [2.45, 2.75) is 76.7 Å². The number of likely N-dealkylation sites (tertiary alicyclic amines) is 1. The van der Waals surface area contributed by atoms with E-state index in [0.29, 0.717) is 37.8 Å². The first-order valence-electron chi connectivity index (χ1n) is 13.8. The molecule has 8 nitrogen and oxygen atoms in total. The standard InChI is InChI=1S/C29H39N3O5/c1-4-36-16-8-15-32-25(27(34)31-21-12-6-5-10-19(21)3)29-14-13-22(37-29)23(24(29)28(32)35)26(33)30-20-11-7-9-18(2)17-20/h7,9,11,13-14,17,19,21-25H,4-6,8,10,12,15-16H2,1-3H3,(H,30,33)(H,31,34)/t19-,21-,22+,23+,24+,25-,29-/m0/s1. The van der Waals surface area contributed by atoms with E-state index >= 15 is 0 Å². The minimum atomic E-state index is -1.13. The number of hydrogen-bond donors (Lipinski definition) is 2. The van der Waals surface area contributed by atoms with Crippen LogP contribution in [0, 0.1) is 24.7 Å². The van der Waals surface area contributed by atoms with Crippen LogP contribution in [-0.4, -0.2) is 66.2 Å². The summed E-state index contributed by atoms with van der Waals surface area (Å²) in [5.41, 5.74) is 0.582. The number of carbonyl (C=O) groups is 3. The summed E-state index contributed by atoms with van der Waals surface area (Å²) in [5.74, 6) is -1.67. The van der Waals surface area contributed by atoms with Gasteiger partial charge in [0.1, 0.15) is 11.6 Å². The van der Waals surface area contributed by atoms with E-state index in [2.05, 4.69) is 17.6 Å². The van der Waals surface area contributed by atoms with Crippen LogP contribution in [0.4, 0.5) is 5.69 Å². The third-order valence-electron chi connectivity index (χ3n) is 8.54. The molecule has 3 fully saturated rings. The highest BCUT2D eigenvalue weighted by Crippen LogP contribution is 2.55. The number of benzene rings is 1. The highest BCUT2D eigenvalue weighted by Gasteiger charge is 2.72. The second-order valence-corrected chi connectivity index (χ2v) is 11.0. The predicted molar refractivity (Wildman–Crippen MR) is 140 cm³/mol. The average molecular weight is 510 g/mol. The Kier molecular flexibility index (Phi) is 7.41. The van der Waals surface area contributed by atoms with Crippen molar-refractivity contribution in [1.29, 1.82) is 0 Å². The molecule has 0 unspecified atom stereocenters. The van der Waals surface area contributed by atoms with Gasteiger partial charge in [-0.05, 0) is 56.7 Å². The third-order valence-corrected chi connectivity index (χ3v) is 8.54. The van der Waals surface area contributed by atoms with E-state index in [1.54, 1.807) is 4.90 Å². The molecule has 0 aromatic heterocycles. The molecular weight excluding hydrogens is 470 g/mol. The van der Waals surface area contributed by atoms with Gasteiger partial charge in [0.25, 0.3) is 0 Å². The molecule has 2 saturated heterocycles. The molecule has 1 spiro atoms. The lowest BCUT2D eigenvalue weighted by Crippen LogP contribution is -2.57. The van der Waals surface area contributed by atoms with E-state index in [4.69, 9.17) is 9.47 Å². The largest absolute Gasteiger partial charge is 0.382 e.